The molecule has 1 fully saturated rings. The Hall–Kier alpha value is -2.35. The summed E-state index contributed by atoms with van der Waals surface area (Å²) in [5.41, 5.74) is 3.70. The van der Waals surface area contributed by atoms with Gasteiger partial charge < -0.3 is 15.8 Å². The molecule has 8 heteroatoms. The van der Waals surface area contributed by atoms with Crippen molar-refractivity contribution in [2.24, 2.45) is 5.73 Å². The third kappa shape index (κ3) is 4.10. The molecule has 0 spiro atoms. The molecule has 0 aliphatic carbocycles. The molecule has 2 amide bonds. The van der Waals surface area contributed by atoms with E-state index in [0.29, 0.717) is 12.2 Å². The van der Waals surface area contributed by atoms with Gasteiger partial charge in [0, 0.05) is 19.1 Å². The second kappa shape index (κ2) is 6.41. The maximum atomic E-state index is 12.4. The van der Waals surface area contributed by atoms with Crippen molar-refractivity contribution < 1.29 is 27.5 Å². The van der Waals surface area contributed by atoms with E-state index in [9.17, 15) is 22.8 Å². The van der Waals surface area contributed by atoms with Gasteiger partial charge in [0.1, 0.15) is 5.54 Å². The number of hydrogen-bond donors (Lipinski definition) is 2. The highest BCUT2D eigenvalue weighted by atomic mass is 19.4. The Bertz CT molecular complexity index is 618. The van der Waals surface area contributed by atoms with E-state index in [1.165, 1.54) is 18.2 Å². The van der Waals surface area contributed by atoms with Crippen LogP contribution in [-0.2, 0) is 20.5 Å². The van der Waals surface area contributed by atoms with Crippen LogP contribution >= 0.6 is 0 Å². The van der Waals surface area contributed by atoms with E-state index in [1.54, 1.807) is 0 Å². The highest BCUT2D eigenvalue weighted by molar-refractivity contribution is 5.97. The largest absolute Gasteiger partial charge is 0.416 e. The van der Waals surface area contributed by atoms with Crippen molar-refractivity contribution in [2.75, 3.05) is 13.2 Å². The molecule has 1 saturated heterocycles. The Kier molecular flexibility index (Phi) is 4.74. The average molecular weight is 328 g/mol. The van der Waals surface area contributed by atoms with Gasteiger partial charge in [0.15, 0.2) is 0 Å². The first kappa shape index (κ1) is 17.0. The molecule has 1 aromatic rings. The van der Waals surface area contributed by atoms with Gasteiger partial charge in [-0.25, -0.2) is 0 Å². The van der Waals surface area contributed by atoms with Gasteiger partial charge in [-0.05, 0) is 23.8 Å². The number of rotatable bonds is 4. The second-order valence-electron chi connectivity index (χ2n) is 5.19. The molecule has 1 atom stereocenters. The van der Waals surface area contributed by atoms with Crippen molar-refractivity contribution in [3.63, 3.8) is 0 Å². The number of hydrogen-bond acceptors (Lipinski definition) is 3. The predicted octanol–water partition coefficient (Wildman–Crippen LogP) is 1.48. The summed E-state index contributed by atoms with van der Waals surface area (Å²) in [6.45, 7) is 0.314. The molecule has 1 heterocycles. The Morgan fingerprint density at radius 1 is 1.26 bits per heavy atom. The van der Waals surface area contributed by atoms with Gasteiger partial charge in [-0.3, -0.25) is 9.59 Å². The Morgan fingerprint density at radius 3 is 2.39 bits per heavy atom. The molecule has 1 aromatic carbocycles. The lowest BCUT2D eigenvalue weighted by atomic mass is 9.98. The van der Waals surface area contributed by atoms with Crippen molar-refractivity contribution in [3.05, 3.63) is 41.5 Å². The van der Waals surface area contributed by atoms with Crippen LogP contribution in [0.2, 0.25) is 0 Å². The number of amides is 2. The van der Waals surface area contributed by atoms with E-state index < -0.39 is 29.1 Å². The zero-order chi connectivity index (χ0) is 17.1. The summed E-state index contributed by atoms with van der Waals surface area (Å²) in [6.07, 6.45) is -1.65. The molecule has 124 valence electrons. The van der Waals surface area contributed by atoms with Crippen LogP contribution < -0.4 is 11.1 Å². The number of halogens is 3. The zero-order valence-corrected chi connectivity index (χ0v) is 12.0. The topological polar surface area (TPSA) is 81.4 Å². The normalized spacial score (nSPS) is 21.5. The van der Waals surface area contributed by atoms with Crippen LogP contribution in [0.3, 0.4) is 0 Å². The fraction of sp³-hybridized carbons (Fsp3) is 0.333. The highest BCUT2D eigenvalue weighted by Gasteiger charge is 2.41. The molecular weight excluding hydrogens is 313 g/mol. The molecule has 0 bridgehead atoms. The Morgan fingerprint density at radius 2 is 1.91 bits per heavy atom. The maximum Gasteiger partial charge on any atom is 0.416 e. The first-order chi connectivity index (χ1) is 10.7. The van der Waals surface area contributed by atoms with Gasteiger partial charge in [0.2, 0.25) is 11.8 Å². The van der Waals surface area contributed by atoms with Crippen molar-refractivity contribution in [2.45, 2.75) is 18.1 Å². The van der Waals surface area contributed by atoms with Crippen LogP contribution in [0.5, 0.6) is 0 Å². The van der Waals surface area contributed by atoms with E-state index >= 15 is 0 Å². The van der Waals surface area contributed by atoms with Crippen molar-refractivity contribution in [3.8, 4) is 0 Å². The van der Waals surface area contributed by atoms with Crippen molar-refractivity contribution in [1.82, 2.24) is 5.32 Å². The number of benzene rings is 1. The van der Waals surface area contributed by atoms with Crippen LogP contribution in [0.15, 0.2) is 30.3 Å². The van der Waals surface area contributed by atoms with Crippen LogP contribution in [0.4, 0.5) is 13.2 Å². The number of carbonyl (C=O) groups excluding carboxylic acids is 2. The summed E-state index contributed by atoms with van der Waals surface area (Å²) >= 11 is 0. The number of nitrogens with two attached hydrogens (primary N) is 1. The van der Waals surface area contributed by atoms with E-state index in [4.69, 9.17) is 10.5 Å². The lowest BCUT2D eigenvalue weighted by Crippen LogP contribution is -2.57. The molecule has 2 rings (SSSR count). The minimum absolute atomic E-state index is 0.00218. The van der Waals surface area contributed by atoms with Crippen LogP contribution in [0.25, 0.3) is 6.08 Å². The molecule has 1 unspecified atom stereocenters. The average Bonchev–Trinajstić information content (AvgIpc) is 2.94. The Labute approximate surface area is 130 Å². The number of alkyl halides is 3. The van der Waals surface area contributed by atoms with E-state index in [-0.39, 0.29) is 13.0 Å². The monoisotopic (exact) mass is 328 g/mol. The van der Waals surface area contributed by atoms with Gasteiger partial charge >= 0.3 is 6.18 Å². The summed E-state index contributed by atoms with van der Waals surface area (Å²) in [5, 5.41) is 2.49. The molecule has 0 saturated carbocycles. The van der Waals surface area contributed by atoms with E-state index in [2.05, 4.69) is 5.32 Å². The molecule has 23 heavy (non-hydrogen) atoms. The maximum absolute atomic E-state index is 12.4. The zero-order valence-electron chi connectivity index (χ0n) is 12.0. The lowest BCUT2D eigenvalue weighted by Gasteiger charge is -2.23. The fourth-order valence-electron chi connectivity index (χ4n) is 2.15. The molecule has 5 nitrogen and oxygen atoms in total. The van der Waals surface area contributed by atoms with Gasteiger partial charge in [-0.15, -0.1) is 0 Å². The summed E-state index contributed by atoms with van der Waals surface area (Å²) in [7, 11) is 0. The van der Waals surface area contributed by atoms with Gasteiger partial charge in [0.25, 0.3) is 0 Å². The molecule has 0 radical (unpaired) electrons. The SMILES string of the molecule is NC(=O)C1(NC(=O)C=Cc2ccc(C(F)(F)F)cc2)CCOC1. The molecule has 1 aliphatic heterocycles. The summed E-state index contributed by atoms with van der Waals surface area (Å²) in [5.74, 6) is -1.26. The fourth-order valence-corrected chi connectivity index (χ4v) is 2.15. The molecule has 0 aromatic heterocycles. The Balaban J connectivity index is 2.02. The van der Waals surface area contributed by atoms with Crippen molar-refractivity contribution >= 4 is 17.9 Å². The highest BCUT2D eigenvalue weighted by Crippen LogP contribution is 2.29. The number of carbonyl (C=O) groups is 2. The first-order valence-corrected chi connectivity index (χ1v) is 6.78. The predicted molar refractivity (Wildman–Crippen MR) is 76.0 cm³/mol. The summed E-state index contributed by atoms with van der Waals surface area (Å²) < 4.78 is 42.4. The van der Waals surface area contributed by atoms with Crippen LogP contribution in [-0.4, -0.2) is 30.6 Å². The second-order valence-corrected chi connectivity index (χ2v) is 5.19. The van der Waals surface area contributed by atoms with Gasteiger partial charge in [-0.2, -0.15) is 13.2 Å². The van der Waals surface area contributed by atoms with E-state index in [0.717, 1.165) is 18.2 Å². The van der Waals surface area contributed by atoms with Crippen molar-refractivity contribution in [1.29, 1.82) is 0 Å². The van der Waals surface area contributed by atoms with Crippen LogP contribution in [0, 0.1) is 0 Å². The minimum Gasteiger partial charge on any atom is -0.378 e. The van der Waals surface area contributed by atoms with Gasteiger partial charge in [0.05, 0.1) is 12.2 Å². The number of ether oxygens (including phenoxy) is 1. The molecular formula is C15H15F3N2O3. The first-order valence-electron chi connectivity index (χ1n) is 6.78. The number of nitrogens with one attached hydrogen (secondary N) is 1. The summed E-state index contributed by atoms with van der Waals surface area (Å²) in [4.78, 5) is 23.3. The van der Waals surface area contributed by atoms with Crippen LogP contribution in [0.1, 0.15) is 17.5 Å². The third-order valence-electron chi connectivity index (χ3n) is 3.52. The molecule has 1 aliphatic rings. The van der Waals surface area contributed by atoms with E-state index in [1.807, 2.05) is 0 Å². The summed E-state index contributed by atoms with van der Waals surface area (Å²) in [6, 6.07) is 4.34. The minimum atomic E-state index is -4.41. The molecule has 3 N–H and O–H groups in total. The van der Waals surface area contributed by atoms with Gasteiger partial charge in [-0.1, -0.05) is 12.1 Å². The third-order valence-corrected chi connectivity index (χ3v) is 3.52. The number of primary amides is 1. The standard InChI is InChI=1S/C15H15F3N2O3/c16-15(17,18)11-4-1-10(2-5-11)3-6-12(21)20-14(13(19)22)7-8-23-9-14/h1-6H,7-9H2,(H2,19,22)(H,20,21). The smallest absolute Gasteiger partial charge is 0.378 e. The lowest BCUT2D eigenvalue weighted by molar-refractivity contribution is -0.137. The quantitative estimate of drug-likeness (QED) is 0.822.